The Morgan fingerprint density at radius 2 is 1.67 bits per heavy atom. The summed E-state index contributed by atoms with van der Waals surface area (Å²) in [5.74, 6) is -1.84. The van der Waals surface area contributed by atoms with Gasteiger partial charge < -0.3 is 4.74 Å². The van der Waals surface area contributed by atoms with E-state index in [2.05, 4.69) is 0 Å². The highest BCUT2D eigenvalue weighted by Crippen LogP contribution is 2.18. The Kier molecular flexibility index (Phi) is 3.55. The van der Waals surface area contributed by atoms with Gasteiger partial charge >= 0.3 is 0 Å². The first kappa shape index (κ1) is 12.5. The van der Waals surface area contributed by atoms with E-state index < -0.39 is 11.6 Å². The highest BCUT2D eigenvalue weighted by molar-refractivity contribution is 5.28. The molecule has 4 heteroatoms. The van der Waals surface area contributed by atoms with Gasteiger partial charge in [0.05, 0.1) is 0 Å². The maximum absolute atomic E-state index is 13.2. The fraction of sp³-hybridized carbons (Fsp3) is 0.143. The largest absolute Gasteiger partial charge is 0.489 e. The molecule has 0 radical (unpaired) electrons. The van der Waals surface area contributed by atoms with Crippen molar-refractivity contribution in [3.8, 4) is 5.75 Å². The third-order valence-electron chi connectivity index (χ3n) is 2.53. The van der Waals surface area contributed by atoms with E-state index in [0.29, 0.717) is 16.9 Å². The minimum Gasteiger partial charge on any atom is -0.489 e. The predicted molar refractivity (Wildman–Crippen MR) is 61.8 cm³/mol. The number of ether oxygens (including phenoxy) is 1. The molecule has 94 valence electrons. The molecular formula is C14H11F3O. The fourth-order valence-electron chi connectivity index (χ4n) is 1.46. The van der Waals surface area contributed by atoms with Gasteiger partial charge in [0, 0.05) is 6.07 Å². The lowest BCUT2D eigenvalue weighted by atomic mass is 10.2. The Labute approximate surface area is 103 Å². The highest BCUT2D eigenvalue weighted by Gasteiger charge is 2.04. The molecule has 0 atom stereocenters. The third kappa shape index (κ3) is 2.83. The average Bonchev–Trinajstić information content (AvgIpc) is 2.35. The lowest BCUT2D eigenvalue weighted by molar-refractivity contribution is 0.303. The van der Waals surface area contributed by atoms with E-state index in [1.165, 1.54) is 12.1 Å². The minimum atomic E-state index is -0.925. The molecule has 0 aliphatic rings. The van der Waals surface area contributed by atoms with Crippen molar-refractivity contribution in [2.45, 2.75) is 13.5 Å². The van der Waals surface area contributed by atoms with Crippen LogP contribution in [0.25, 0.3) is 0 Å². The zero-order chi connectivity index (χ0) is 13.1. The van der Waals surface area contributed by atoms with E-state index in [9.17, 15) is 13.2 Å². The lowest BCUT2D eigenvalue weighted by Gasteiger charge is -2.07. The first-order chi connectivity index (χ1) is 8.56. The Morgan fingerprint density at radius 3 is 2.33 bits per heavy atom. The standard InChI is InChI=1S/C14H11F3O/c1-9-2-4-11(7-13(9)16)18-8-10-3-5-12(15)14(17)6-10/h2-7H,8H2,1H3. The molecule has 2 aromatic carbocycles. The van der Waals surface area contributed by atoms with E-state index in [-0.39, 0.29) is 12.4 Å². The number of aryl methyl sites for hydroxylation is 1. The zero-order valence-electron chi connectivity index (χ0n) is 9.71. The van der Waals surface area contributed by atoms with Gasteiger partial charge in [0.1, 0.15) is 18.2 Å². The molecule has 2 rings (SSSR count). The summed E-state index contributed by atoms with van der Waals surface area (Å²) in [6.07, 6.45) is 0. The van der Waals surface area contributed by atoms with Gasteiger partial charge in [0.25, 0.3) is 0 Å². The van der Waals surface area contributed by atoms with Gasteiger partial charge in [-0.2, -0.15) is 0 Å². The summed E-state index contributed by atoms with van der Waals surface area (Å²) in [5.41, 5.74) is 1.00. The van der Waals surface area contributed by atoms with Gasteiger partial charge in [0.2, 0.25) is 0 Å². The van der Waals surface area contributed by atoms with Crippen molar-refractivity contribution in [3.63, 3.8) is 0 Å². The number of halogens is 3. The van der Waals surface area contributed by atoms with Crippen LogP contribution < -0.4 is 4.74 Å². The van der Waals surface area contributed by atoms with Crippen LogP contribution in [0.1, 0.15) is 11.1 Å². The van der Waals surface area contributed by atoms with Gasteiger partial charge in [-0.3, -0.25) is 0 Å². The van der Waals surface area contributed by atoms with Gasteiger partial charge in [-0.25, -0.2) is 13.2 Å². The third-order valence-corrected chi connectivity index (χ3v) is 2.53. The van der Waals surface area contributed by atoms with Crippen LogP contribution in [0, 0.1) is 24.4 Å². The Balaban J connectivity index is 2.06. The van der Waals surface area contributed by atoms with Crippen LogP contribution in [0.5, 0.6) is 5.75 Å². The lowest BCUT2D eigenvalue weighted by Crippen LogP contribution is -1.97. The van der Waals surface area contributed by atoms with E-state index in [4.69, 9.17) is 4.74 Å². The fourth-order valence-corrected chi connectivity index (χ4v) is 1.46. The molecular weight excluding hydrogens is 241 g/mol. The normalized spacial score (nSPS) is 10.4. The minimum absolute atomic E-state index is 0.0553. The van der Waals surface area contributed by atoms with Crippen LogP contribution >= 0.6 is 0 Å². The van der Waals surface area contributed by atoms with Crippen LogP contribution in [0.2, 0.25) is 0 Å². The van der Waals surface area contributed by atoms with Gasteiger partial charge in [-0.05, 0) is 36.2 Å². The molecule has 0 fully saturated rings. The summed E-state index contributed by atoms with van der Waals surface area (Å²) >= 11 is 0. The molecule has 0 aliphatic heterocycles. The molecule has 1 nitrogen and oxygen atoms in total. The summed E-state index contributed by atoms with van der Waals surface area (Å²) < 4.78 is 44.2. The predicted octanol–water partition coefficient (Wildman–Crippen LogP) is 3.99. The molecule has 18 heavy (non-hydrogen) atoms. The summed E-state index contributed by atoms with van der Waals surface area (Å²) in [6.45, 7) is 1.70. The van der Waals surface area contributed by atoms with Crippen molar-refractivity contribution in [1.82, 2.24) is 0 Å². The maximum Gasteiger partial charge on any atom is 0.159 e. The maximum atomic E-state index is 13.2. The summed E-state index contributed by atoms with van der Waals surface area (Å²) in [5, 5.41) is 0. The topological polar surface area (TPSA) is 9.23 Å². The highest BCUT2D eigenvalue weighted by atomic mass is 19.2. The van der Waals surface area contributed by atoms with E-state index in [1.54, 1.807) is 19.1 Å². The Morgan fingerprint density at radius 1 is 0.889 bits per heavy atom. The number of hydrogen-bond acceptors (Lipinski definition) is 1. The van der Waals surface area contributed by atoms with Crippen molar-refractivity contribution in [2.75, 3.05) is 0 Å². The second kappa shape index (κ2) is 5.12. The molecule has 0 aromatic heterocycles. The molecule has 0 saturated heterocycles. The molecule has 0 heterocycles. The van der Waals surface area contributed by atoms with Crippen molar-refractivity contribution >= 4 is 0 Å². The monoisotopic (exact) mass is 252 g/mol. The van der Waals surface area contributed by atoms with E-state index >= 15 is 0 Å². The van der Waals surface area contributed by atoms with Crippen molar-refractivity contribution in [1.29, 1.82) is 0 Å². The number of hydrogen-bond donors (Lipinski definition) is 0. The first-order valence-electron chi connectivity index (χ1n) is 5.39. The second-order valence-corrected chi connectivity index (χ2v) is 3.95. The summed E-state index contributed by atoms with van der Waals surface area (Å²) in [7, 11) is 0. The molecule has 0 saturated carbocycles. The number of rotatable bonds is 3. The summed E-state index contributed by atoms with van der Waals surface area (Å²) in [6, 6.07) is 7.98. The van der Waals surface area contributed by atoms with Crippen molar-refractivity contribution in [2.24, 2.45) is 0 Å². The average molecular weight is 252 g/mol. The Hall–Kier alpha value is -1.97. The smallest absolute Gasteiger partial charge is 0.159 e. The molecule has 0 amide bonds. The molecule has 0 spiro atoms. The second-order valence-electron chi connectivity index (χ2n) is 3.95. The molecule has 0 bridgehead atoms. The van der Waals surface area contributed by atoms with Crippen LogP contribution in [0.3, 0.4) is 0 Å². The first-order valence-corrected chi connectivity index (χ1v) is 5.39. The number of benzene rings is 2. The van der Waals surface area contributed by atoms with Gasteiger partial charge in [0.15, 0.2) is 11.6 Å². The van der Waals surface area contributed by atoms with Crippen molar-refractivity contribution < 1.29 is 17.9 Å². The SMILES string of the molecule is Cc1ccc(OCc2ccc(F)c(F)c2)cc1F. The van der Waals surface area contributed by atoms with Crippen LogP contribution in [-0.2, 0) is 6.61 Å². The zero-order valence-corrected chi connectivity index (χ0v) is 9.71. The quantitative estimate of drug-likeness (QED) is 0.802. The molecule has 2 aromatic rings. The van der Waals surface area contributed by atoms with Gasteiger partial charge in [-0.15, -0.1) is 0 Å². The molecule has 0 aliphatic carbocycles. The van der Waals surface area contributed by atoms with Gasteiger partial charge in [-0.1, -0.05) is 12.1 Å². The Bertz CT molecular complexity index is 515. The van der Waals surface area contributed by atoms with Crippen LogP contribution in [0.4, 0.5) is 13.2 Å². The van der Waals surface area contributed by atoms with Crippen molar-refractivity contribution in [3.05, 3.63) is 65.0 Å². The molecule has 0 unspecified atom stereocenters. The molecule has 0 N–H and O–H groups in total. The van der Waals surface area contributed by atoms with E-state index in [1.807, 2.05) is 0 Å². The summed E-state index contributed by atoms with van der Waals surface area (Å²) in [4.78, 5) is 0. The van der Waals surface area contributed by atoms with Crippen LogP contribution in [-0.4, -0.2) is 0 Å². The van der Waals surface area contributed by atoms with E-state index in [0.717, 1.165) is 12.1 Å². The van der Waals surface area contributed by atoms with Crippen LogP contribution in [0.15, 0.2) is 36.4 Å².